The number of carbonyl (C=O) groups excluding carboxylic acids is 1. The van der Waals surface area contributed by atoms with Gasteiger partial charge in [-0.2, -0.15) is 0 Å². The van der Waals surface area contributed by atoms with Gasteiger partial charge in [-0.15, -0.1) is 0 Å². The van der Waals surface area contributed by atoms with Crippen molar-refractivity contribution in [3.63, 3.8) is 0 Å². The number of esters is 1. The number of benzene rings is 1. The highest BCUT2D eigenvalue weighted by Gasteiger charge is 2.24. The summed E-state index contributed by atoms with van der Waals surface area (Å²) < 4.78 is 10.1. The molecule has 0 atom stereocenters. The Balaban J connectivity index is 1.94. The zero-order valence-corrected chi connectivity index (χ0v) is 11.0. The van der Waals surface area contributed by atoms with Gasteiger partial charge in [-0.05, 0) is 12.5 Å². The van der Waals surface area contributed by atoms with Crippen molar-refractivity contribution in [2.24, 2.45) is 0 Å². The molecule has 0 unspecified atom stereocenters. The fourth-order valence-electron chi connectivity index (χ4n) is 1.81. The van der Waals surface area contributed by atoms with E-state index in [1.165, 1.54) is 0 Å². The summed E-state index contributed by atoms with van der Waals surface area (Å²) in [5, 5.41) is 0. The Kier molecular flexibility index (Phi) is 4.30. The fourth-order valence-corrected chi connectivity index (χ4v) is 1.81. The van der Waals surface area contributed by atoms with E-state index >= 15 is 0 Å². The minimum absolute atomic E-state index is 0.00541. The van der Waals surface area contributed by atoms with E-state index in [0.717, 1.165) is 5.56 Å². The molecule has 5 nitrogen and oxygen atoms in total. The summed E-state index contributed by atoms with van der Waals surface area (Å²) in [6.07, 6.45) is -0.229. The van der Waals surface area contributed by atoms with Crippen molar-refractivity contribution >= 4 is 5.97 Å². The molecule has 2 aromatic carbocycles. The van der Waals surface area contributed by atoms with E-state index < -0.39 is 16.8 Å². The Labute approximate surface area is 115 Å². The van der Waals surface area contributed by atoms with Crippen LogP contribution in [0.25, 0.3) is 0 Å². The van der Waals surface area contributed by atoms with Crippen LogP contribution in [-0.4, -0.2) is 12.6 Å². The second-order valence-electron chi connectivity index (χ2n) is 4.22. The first kappa shape index (κ1) is 14.0. The summed E-state index contributed by atoms with van der Waals surface area (Å²) in [6, 6.07) is 9.20. The molecule has 0 aliphatic carbocycles. The van der Waals surface area contributed by atoms with Crippen molar-refractivity contribution in [1.82, 2.24) is 0 Å². The van der Waals surface area contributed by atoms with Crippen LogP contribution in [0.15, 0.2) is 39.9 Å². The number of hydrogen-bond donors (Lipinski definition) is 0. The maximum absolute atomic E-state index is 11.6. The molecule has 0 N–H and O–H groups in total. The van der Waals surface area contributed by atoms with Gasteiger partial charge in [0.05, 0.1) is 18.6 Å². The highest BCUT2D eigenvalue weighted by atomic mass is 16.5. The van der Waals surface area contributed by atoms with Crippen molar-refractivity contribution in [2.45, 2.75) is 20.0 Å². The van der Waals surface area contributed by atoms with Crippen LogP contribution in [-0.2, 0) is 22.6 Å². The molecule has 5 heteroatoms. The SMILES string of the molecule is CCOc1c(CC(=O)OCc2ccccc2)c(=O)c1=O. The summed E-state index contributed by atoms with van der Waals surface area (Å²) in [5.41, 5.74) is -0.367. The molecule has 2 aromatic rings. The zero-order chi connectivity index (χ0) is 14.5. The number of carbonyl (C=O) groups is 1. The van der Waals surface area contributed by atoms with Crippen molar-refractivity contribution in [3.05, 3.63) is 61.9 Å². The number of rotatable bonds is 6. The molecule has 0 saturated heterocycles. The third-order valence-corrected chi connectivity index (χ3v) is 2.81. The Morgan fingerprint density at radius 3 is 2.45 bits per heavy atom. The molecule has 0 heterocycles. The molecular formula is C15H14O5. The van der Waals surface area contributed by atoms with Crippen LogP contribution in [0.1, 0.15) is 18.1 Å². The molecule has 0 radical (unpaired) electrons. The van der Waals surface area contributed by atoms with Crippen molar-refractivity contribution in [2.75, 3.05) is 6.61 Å². The quantitative estimate of drug-likeness (QED) is 0.580. The van der Waals surface area contributed by atoms with Gasteiger partial charge in [0, 0.05) is 0 Å². The molecule has 20 heavy (non-hydrogen) atoms. The molecule has 0 saturated carbocycles. The lowest BCUT2D eigenvalue weighted by atomic mass is 10.1. The minimum Gasteiger partial charge on any atom is -0.489 e. The topological polar surface area (TPSA) is 69.7 Å². The van der Waals surface area contributed by atoms with Gasteiger partial charge in [0.1, 0.15) is 6.61 Å². The molecule has 0 aliphatic rings. The lowest BCUT2D eigenvalue weighted by Gasteiger charge is -2.10. The molecule has 0 fully saturated rings. The highest BCUT2D eigenvalue weighted by Crippen LogP contribution is 2.12. The van der Waals surface area contributed by atoms with Gasteiger partial charge in [0.25, 0.3) is 5.43 Å². The molecule has 0 aromatic heterocycles. The largest absolute Gasteiger partial charge is 0.489 e. The average Bonchev–Trinajstić information content (AvgIpc) is 2.49. The van der Waals surface area contributed by atoms with E-state index in [2.05, 4.69) is 0 Å². The van der Waals surface area contributed by atoms with Crippen LogP contribution in [0, 0.1) is 0 Å². The van der Waals surface area contributed by atoms with E-state index in [1.807, 2.05) is 30.3 Å². The first-order chi connectivity index (χ1) is 9.63. The summed E-state index contributed by atoms with van der Waals surface area (Å²) in [5.74, 6) is -0.559. The average molecular weight is 274 g/mol. The Morgan fingerprint density at radius 1 is 1.10 bits per heavy atom. The van der Waals surface area contributed by atoms with Gasteiger partial charge in [-0.3, -0.25) is 14.4 Å². The van der Waals surface area contributed by atoms with Crippen molar-refractivity contribution < 1.29 is 14.3 Å². The van der Waals surface area contributed by atoms with Gasteiger partial charge >= 0.3 is 5.97 Å². The maximum atomic E-state index is 11.6. The standard InChI is InChI=1S/C15H14O5/c1-2-19-15-11(13(17)14(15)18)8-12(16)20-9-10-6-4-3-5-7-10/h3-7H,2,8-9H2,1H3. The Bertz CT molecular complexity index is 665. The molecule has 0 amide bonds. The lowest BCUT2D eigenvalue weighted by molar-refractivity contribution is -0.144. The Morgan fingerprint density at radius 2 is 1.80 bits per heavy atom. The van der Waals surface area contributed by atoms with Gasteiger partial charge in [-0.1, -0.05) is 30.3 Å². The van der Waals surface area contributed by atoms with Crippen LogP contribution in [0.2, 0.25) is 0 Å². The van der Waals surface area contributed by atoms with Crippen LogP contribution in [0.4, 0.5) is 0 Å². The summed E-state index contributed by atoms with van der Waals surface area (Å²) in [4.78, 5) is 34.2. The molecule has 104 valence electrons. The highest BCUT2D eigenvalue weighted by molar-refractivity contribution is 5.74. The van der Waals surface area contributed by atoms with Gasteiger partial charge in [0.2, 0.25) is 5.43 Å². The van der Waals surface area contributed by atoms with Crippen LogP contribution < -0.4 is 15.6 Å². The summed E-state index contributed by atoms with van der Waals surface area (Å²) in [7, 11) is 0. The van der Waals surface area contributed by atoms with Gasteiger partial charge in [-0.25, -0.2) is 0 Å². The predicted molar refractivity (Wildman–Crippen MR) is 72.5 cm³/mol. The number of ether oxygens (including phenoxy) is 2. The molecule has 0 aliphatic heterocycles. The normalized spacial score (nSPS) is 10.4. The van der Waals surface area contributed by atoms with E-state index in [-0.39, 0.29) is 30.9 Å². The molecular weight excluding hydrogens is 260 g/mol. The third kappa shape index (κ3) is 2.93. The third-order valence-electron chi connectivity index (χ3n) is 2.81. The van der Waals surface area contributed by atoms with Gasteiger partial charge in [0.15, 0.2) is 5.75 Å². The van der Waals surface area contributed by atoms with Crippen LogP contribution in [0.3, 0.4) is 0 Å². The molecule has 0 bridgehead atoms. The minimum atomic E-state index is -0.669. The van der Waals surface area contributed by atoms with Crippen molar-refractivity contribution in [3.8, 4) is 5.75 Å². The maximum Gasteiger partial charge on any atom is 0.310 e. The monoisotopic (exact) mass is 274 g/mol. The van der Waals surface area contributed by atoms with Gasteiger partial charge < -0.3 is 9.47 Å². The molecule has 0 spiro atoms. The van der Waals surface area contributed by atoms with E-state index in [0.29, 0.717) is 0 Å². The van der Waals surface area contributed by atoms with E-state index in [4.69, 9.17) is 9.47 Å². The summed E-state index contributed by atoms with van der Waals surface area (Å²) >= 11 is 0. The van der Waals surface area contributed by atoms with Crippen molar-refractivity contribution in [1.29, 1.82) is 0 Å². The second kappa shape index (κ2) is 6.14. The lowest BCUT2D eigenvalue weighted by Crippen LogP contribution is -2.38. The van der Waals surface area contributed by atoms with Crippen LogP contribution >= 0.6 is 0 Å². The first-order valence-corrected chi connectivity index (χ1v) is 6.28. The summed E-state index contributed by atoms with van der Waals surface area (Å²) in [6.45, 7) is 2.12. The van der Waals surface area contributed by atoms with Crippen LogP contribution in [0.5, 0.6) is 5.75 Å². The second-order valence-corrected chi connectivity index (χ2v) is 4.22. The first-order valence-electron chi connectivity index (χ1n) is 6.28. The van der Waals surface area contributed by atoms with E-state index in [1.54, 1.807) is 6.92 Å². The zero-order valence-electron chi connectivity index (χ0n) is 11.0. The predicted octanol–water partition coefficient (Wildman–Crippen LogP) is 0.967. The smallest absolute Gasteiger partial charge is 0.310 e. The molecule has 2 rings (SSSR count). The Hall–Kier alpha value is -2.43. The fraction of sp³-hybridized carbons (Fsp3) is 0.267. The van der Waals surface area contributed by atoms with E-state index in [9.17, 15) is 14.4 Å². The number of hydrogen-bond acceptors (Lipinski definition) is 5.